The first-order chi connectivity index (χ1) is 17.2. The summed E-state index contributed by atoms with van der Waals surface area (Å²) < 4.78 is 26.5. The molecule has 0 spiro atoms. The van der Waals surface area contributed by atoms with E-state index in [0.29, 0.717) is 0 Å². The molecule has 0 saturated carbocycles. The molecule has 0 aromatic heterocycles. The minimum Gasteiger partial charge on any atom is -0.481 e. The van der Waals surface area contributed by atoms with Gasteiger partial charge in [-0.1, -0.05) is 0 Å². The van der Waals surface area contributed by atoms with Crippen LogP contribution in [0.2, 0.25) is 0 Å². The second-order valence-corrected chi connectivity index (χ2v) is 10.3. The van der Waals surface area contributed by atoms with Gasteiger partial charge in [-0.25, -0.2) is 8.42 Å². The van der Waals surface area contributed by atoms with Gasteiger partial charge in [0.2, 0.25) is 9.84 Å². The van der Waals surface area contributed by atoms with Crippen molar-refractivity contribution in [2.24, 2.45) is 11.8 Å². The van der Waals surface area contributed by atoms with Gasteiger partial charge in [0.25, 0.3) is 0 Å². The Labute approximate surface area is 206 Å². The molecule has 0 amide bonds. The van der Waals surface area contributed by atoms with Crippen molar-refractivity contribution in [3.8, 4) is 0 Å². The number of hydrogen-bond acceptors (Lipinski definition) is 10. The highest BCUT2D eigenvalue weighted by molar-refractivity contribution is 7.91. The monoisotopic (exact) mass is 526 g/mol. The second-order valence-electron chi connectivity index (χ2n) is 8.31. The van der Waals surface area contributed by atoms with Crippen LogP contribution < -0.4 is 0 Å². The van der Waals surface area contributed by atoms with Crippen molar-refractivity contribution >= 4 is 56.5 Å². The van der Waals surface area contributed by atoms with Gasteiger partial charge in [-0.05, 0) is 36.4 Å². The van der Waals surface area contributed by atoms with Crippen molar-refractivity contribution in [1.29, 1.82) is 0 Å². The molecular weight excluding hydrogens is 512 g/mol. The number of fused-ring (bicyclic) bond motifs is 2. The van der Waals surface area contributed by atoms with E-state index in [1.165, 1.54) is 0 Å². The maximum Gasteiger partial charge on any atom is 0.310 e. The van der Waals surface area contributed by atoms with Crippen molar-refractivity contribution in [1.82, 2.24) is 0 Å². The average molecular weight is 526 g/mol. The third kappa shape index (κ3) is 4.08. The molecule has 0 bridgehead atoms. The zero-order valence-electron chi connectivity index (χ0n) is 18.4. The summed E-state index contributed by atoms with van der Waals surface area (Å²) in [6.45, 7) is 0. The van der Waals surface area contributed by atoms with E-state index in [2.05, 4.69) is 0 Å². The molecule has 2 aromatic carbocycles. The fourth-order valence-electron chi connectivity index (χ4n) is 4.30. The zero-order chi connectivity index (χ0) is 27.4. The van der Waals surface area contributed by atoms with Crippen molar-refractivity contribution < 1.29 is 57.0 Å². The van der Waals surface area contributed by atoms with Gasteiger partial charge in [-0.3, -0.25) is 38.4 Å². The Morgan fingerprint density at radius 3 is 1.24 bits per heavy atom. The Kier molecular flexibility index (Phi) is 6.04. The molecule has 2 N–H and O–H groups in total. The number of aliphatic carboxylic acids is 2. The Bertz CT molecular complexity index is 1500. The molecule has 0 radical (unpaired) electrons. The molecule has 12 nitrogen and oxygen atoms in total. The van der Waals surface area contributed by atoms with Gasteiger partial charge < -0.3 is 10.2 Å². The standard InChI is InChI=1S/C24H14O12S/c25-15(7-17(27)28)19-21(31)11-3-1-9(5-13(11)23(19)33)37(35,36)10-2-4-12-14(6-10)24(34)20(22(12)32)16(26)8-18(29)30/h1-6,19-20H,7-8H2,(H,27,28)(H,29,30). The number of ketones is 6. The van der Waals surface area contributed by atoms with Crippen molar-refractivity contribution in [2.75, 3.05) is 0 Å². The lowest BCUT2D eigenvalue weighted by Gasteiger charge is -2.07. The van der Waals surface area contributed by atoms with Crippen LogP contribution in [0.3, 0.4) is 0 Å². The van der Waals surface area contributed by atoms with Gasteiger partial charge in [0.1, 0.15) is 24.7 Å². The number of carbonyl (C=O) groups excluding carboxylic acids is 6. The quantitative estimate of drug-likeness (QED) is 0.453. The summed E-state index contributed by atoms with van der Waals surface area (Å²) in [7, 11) is -4.46. The minimum absolute atomic E-state index is 0.248. The Morgan fingerprint density at radius 2 is 0.919 bits per heavy atom. The smallest absolute Gasteiger partial charge is 0.310 e. The first-order valence-corrected chi connectivity index (χ1v) is 11.9. The van der Waals surface area contributed by atoms with E-state index in [1.807, 2.05) is 0 Å². The van der Waals surface area contributed by atoms with E-state index >= 15 is 0 Å². The molecule has 0 saturated heterocycles. The molecule has 2 aliphatic rings. The van der Waals surface area contributed by atoms with Crippen LogP contribution in [0, 0.1) is 11.8 Å². The number of sulfone groups is 1. The Balaban J connectivity index is 1.70. The molecule has 0 fully saturated rings. The first-order valence-electron chi connectivity index (χ1n) is 10.4. The topological polar surface area (TPSA) is 211 Å². The van der Waals surface area contributed by atoms with Gasteiger partial charge in [0, 0.05) is 22.3 Å². The fraction of sp³-hybridized carbons (Fsp3) is 0.167. The van der Waals surface area contributed by atoms with Crippen LogP contribution >= 0.6 is 0 Å². The number of Topliss-reactive ketones (excluding diaryl/α,β-unsaturated/α-hetero) is 6. The predicted octanol–water partition coefficient (Wildman–Crippen LogP) is 0.597. The summed E-state index contributed by atoms with van der Waals surface area (Å²) in [6, 6.07) is 5.72. The summed E-state index contributed by atoms with van der Waals surface area (Å²) in [5.41, 5.74) is -1.27. The van der Waals surface area contributed by atoms with Crippen LogP contribution in [0.15, 0.2) is 46.2 Å². The molecule has 4 rings (SSSR count). The predicted molar refractivity (Wildman–Crippen MR) is 117 cm³/mol. The van der Waals surface area contributed by atoms with Crippen LogP contribution in [0.25, 0.3) is 0 Å². The zero-order valence-corrected chi connectivity index (χ0v) is 19.2. The molecule has 2 unspecified atom stereocenters. The van der Waals surface area contributed by atoms with Crippen LogP contribution in [0.4, 0.5) is 0 Å². The van der Waals surface area contributed by atoms with Gasteiger partial charge in [0.15, 0.2) is 34.7 Å². The van der Waals surface area contributed by atoms with E-state index in [9.17, 15) is 46.8 Å². The van der Waals surface area contributed by atoms with Gasteiger partial charge in [0.05, 0.1) is 9.79 Å². The van der Waals surface area contributed by atoms with Crippen LogP contribution in [-0.4, -0.2) is 65.3 Å². The van der Waals surface area contributed by atoms with Gasteiger partial charge in [-0.2, -0.15) is 0 Å². The highest BCUT2D eigenvalue weighted by Gasteiger charge is 2.45. The number of hydrogen-bond donors (Lipinski definition) is 2. The SMILES string of the molecule is O=C(O)CC(=O)C1C(=O)c2ccc(S(=O)(=O)c3ccc4c(c3)C(=O)C(C(=O)CC(=O)O)C4=O)cc2C1=O. The normalized spacial score (nSPS) is 18.5. The lowest BCUT2D eigenvalue weighted by atomic mass is 9.96. The van der Waals surface area contributed by atoms with E-state index in [0.717, 1.165) is 36.4 Å². The van der Waals surface area contributed by atoms with Crippen molar-refractivity contribution in [2.45, 2.75) is 22.6 Å². The summed E-state index contributed by atoms with van der Waals surface area (Å²) in [5.74, 6) is -13.1. The molecule has 0 aliphatic heterocycles. The van der Waals surface area contributed by atoms with Gasteiger partial charge in [-0.15, -0.1) is 0 Å². The van der Waals surface area contributed by atoms with E-state index < -0.39 is 90.9 Å². The first kappa shape index (κ1) is 25.4. The highest BCUT2D eigenvalue weighted by atomic mass is 32.2. The number of carboxylic acids is 2. The number of carbonyl (C=O) groups is 8. The summed E-state index contributed by atoms with van der Waals surface area (Å²) in [5, 5.41) is 17.6. The van der Waals surface area contributed by atoms with Crippen LogP contribution in [0.1, 0.15) is 54.3 Å². The summed E-state index contributed by atoms with van der Waals surface area (Å²) in [6.07, 6.45) is -2.14. The average Bonchev–Trinajstić information content (AvgIpc) is 3.21. The Hall–Kier alpha value is -4.65. The number of benzene rings is 2. The number of carboxylic acid groups (broad SMARTS) is 2. The van der Waals surface area contributed by atoms with Crippen molar-refractivity contribution in [3.63, 3.8) is 0 Å². The molecule has 2 aliphatic carbocycles. The molecule has 188 valence electrons. The lowest BCUT2D eigenvalue weighted by molar-refractivity contribution is -0.142. The molecule has 0 heterocycles. The fourth-order valence-corrected chi connectivity index (χ4v) is 5.61. The number of rotatable bonds is 8. The van der Waals surface area contributed by atoms with Gasteiger partial charge >= 0.3 is 11.9 Å². The van der Waals surface area contributed by atoms with E-state index in [1.54, 1.807) is 0 Å². The molecular formula is C24H14O12S. The largest absolute Gasteiger partial charge is 0.481 e. The molecule has 2 aromatic rings. The van der Waals surface area contributed by atoms with E-state index in [4.69, 9.17) is 10.2 Å². The lowest BCUT2D eigenvalue weighted by Crippen LogP contribution is -2.27. The maximum atomic E-state index is 13.2. The molecule has 37 heavy (non-hydrogen) atoms. The second kappa shape index (κ2) is 8.78. The summed E-state index contributed by atoms with van der Waals surface area (Å²) >= 11 is 0. The highest BCUT2D eigenvalue weighted by Crippen LogP contribution is 2.34. The third-order valence-electron chi connectivity index (χ3n) is 6.01. The molecule has 2 atom stereocenters. The third-order valence-corrected chi connectivity index (χ3v) is 7.76. The van der Waals surface area contributed by atoms with E-state index in [-0.39, 0.29) is 22.3 Å². The minimum atomic E-state index is -4.46. The molecule has 13 heteroatoms. The van der Waals surface area contributed by atoms with Crippen molar-refractivity contribution in [3.05, 3.63) is 58.7 Å². The Morgan fingerprint density at radius 1 is 0.595 bits per heavy atom. The maximum absolute atomic E-state index is 13.2. The summed E-state index contributed by atoms with van der Waals surface area (Å²) in [4.78, 5) is 95.1. The van der Waals surface area contributed by atoms with Crippen LogP contribution in [0.5, 0.6) is 0 Å². The van der Waals surface area contributed by atoms with Crippen LogP contribution in [-0.2, 0) is 29.0 Å².